The van der Waals surface area contributed by atoms with E-state index in [1.165, 1.54) is 0 Å². The van der Waals surface area contributed by atoms with E-state index in [9.17, 15) is 9.59 Å². The lowest BCUT2D eigenvalue weighted by Crippen LogP contribution is -2.26. The smallest absolute Gasteiger partial charge is 0.317 e. The third-order valence-electron chi connectivity index (χ3n) is 2.95. The van der Waals surface area contributed by atoms with Gasteiger partial charge in [-0.05, 0) is 12.8 Å². The number of ether oxygens (including phenoxy) is 2. The summed E-state index contributed by atoms with van der Waals surface area (Å²) >= 11 is 0. The van der Waals surface area contributed by atoms with E-state index < -0.39 is 0 Å². The fourth-order valence-corrected chi connectivity index (χ4v) is 2.19. The van der Waals surface area contributed by atoms with Crippen molar-refractivity contribution in [2.75, 3.05) is 0 Å². The van der Waals surface area contributed by atoms with Crippen molar-refractivity contribution in [3.05, 3.63) is 0 Å². The molecular weight excluding hydrogens is 160 g/mol. The first kappa shape index (κ1) is 6.60. The SMILES string of the molecule is O=C1OC(=O)[C@@H]2C[C@H]3O[C@@H]3C[C@H]12. The van der Waals surface area contributed by atoms with Crippen LogP contribution in [0.25, 0.3) is 0 Å². The minimum absolute atomic E-state index is 0.207. The van der Waals surface area contributed by atoms with Gasteiger partial charge in [0.05, 0.1) is 24.0 Å². The van der Waals surface area contributed by atoms with Gasteiger partial charge in [0.2, 0.25) is 0 Å². The number of cyclic esters (lactones) is 2. The van der Waals surface area contributed by atoms with E-state index >= 15 is 0 Å². The number of fused-ring (bicyclic) bond motifs is 2. The molecule has 12 heavy (non-hydrogen) atoms. The number of carbonyl (C=O) groups excluding carboxylic acids is 2. The Bertz CT molecular complexity index is 246. The van der Waals surface area contributed by atoms with Crippen LogP contribution in [0.15, 0.2) is 0 Å². The molecule has 0 spiro atoms. The minimum Gasteiger partial charge on any atom is -0.393 e. The molecule has 1 saturated carbocycles. The number of esters is 2. The molecule has 0 aromatic heterocycles. The summed E-state index contributed by atoms with van der Waals surface area (Å²) in [5.41, 5.74) is 0. The van der Waals surface area contributed by atoms with Crippen molar-refractivity contribution in [3.8, 4) is 0 Å². The van der Waals surface area contributed by atoms with Gasteiger partial charge in [0.15, 0.2) is 0 Å². The second-order valence-corrected chi connectivity index (χ2v) is 3.64. The third kappa shape index (κ3) is 0.705. The Balaban J connectivity index is 1.90. The Morgan fingerprint density at radius 1 is 1.00 bits per heavy atom. The Morgan fingerprint density at radius 3 is 2.00 bits per heavy atom. The standard InChI is InChI=1S/C8H8O4/c9-7-3-1-5-6(11-5)2-4(3)8(10)12-7/h3-6H,1-2H2/t3-,4+,5-,6-/m1/s1. The Kier molecular flexibility index (Phi) is 1.03. The molecule has 1 aliphatic carbocycles. The molecule has 0 radical (unpaired) electrons. The zero-order chi connectivity index (χ0) is 8.29. The predicted octanol–water partition coefficient (Wildman–Crippen LogP) is -0.137. The second kappa shape index (κ2) is 1.88. The van der Waals surface area contributed by atoms with Crippen molar-refractivity contribution in [2.45, 2.75) is 25.0 Å². The van der Waals surface area contributed by atoms with Gasteiger partial charge >= 0.3 is 11.9 Å². The Morgan fingerprint density at radius 2 is 1.50 bits per heavy atom. The van der Waals surface area contributed by atoms with Crippen molar-refractivity contribution in [1.29, 1.82) is 0 Å². The molecule has 4 nitrogen and oxygen atoms in total. The summed E-state index contributed by atoms with van der Waals surface area (Å²) in [6.45, 7) is 0. The summed E-state index contributed by atoms with van der Waals surface area (Å²) in [6.07, 6.45) is 1.81. The molecule has 0 amide bonds. The number of hydrogen-bond donors (Lipinski definition) is 0. The second-order valence-electron chi connectivity index (χ2n) is 3.64. The highest BCUT2D eigenvalue weighted by molar-refractivity contribution is 5.96. The highest BCUT2D eigenvalue weighted by Gasteiger charge is 2.57. The van der Waals surface area contributed by atoms with E-state index in [0.29, 0.717) is 12.8 Å². The van der Waals surface area contributed by atoms with Gasteiger partial charge in [0, 0.05) is 0 Å². The topological polar surface area (TPSA) is 55.9 Å². The van der Waals surface area contributed by atoms with E-state index in [-0.39, 0.29) is 36.0 Å². The van der Waals surface area contributed by atoms with Gasteiger partial charge in [-0.2, -0.15) is 0 Å². The third-order valence-corrected chi connectivity index (χ3v) is 2.95. The van der Waals surface area contributed by atoms with Crippen LogP contribution >= 0.6 is 0 Å². The van der Waals surface area contributed by atoms with E-state index in [4.69, 9.17) is 4.74 Å². The highest BCUT2D eigenvalue weighted by Crippen LogP contribution is 2.46. The van der Waals surface area contributed by atoms with E-state index in [1.54, 1.807) is 0 Å². The van der Waals surface area contributed by atoms with Gasteiger partial charge in [-0.3, -0.25) is 9.59 Å². The van der Waals surface area contributed by atoms with E-state index in [1.807, 2.05) is 0 Å². The maximum Gasteiger partial charge on any atom is 0.317 e. The number of hydrogen-bond acceptors (Lipinski definition) is 4. The van der Waals surface area contributed by atoms with Crippen LogP contribution in [0.4, 0.5) is 0 Å². The van der Waals surface area contributed by atoms with E-state index in [0.717, 1.165) is 0 Å². The average molecular weight is 168 g/mol. The highest BCUT2D eigenvalue weighted by atomic mass is 16.6. The zero-order valence-corrected chi connectivity index (χ0v) is 6.36. The first-order valence-corrected chi connectivity index (χ1v) is 4.16. The van der Waals surface area contributed by atoms with Crippen LogP contribution in [-0.2, 0) is 19.1 Å². The molecule has 4 atom stereocenters. The van der Waals surface area contributed by atoms with Crippen LogP contribution in [0.5, 0.6) is 0 Å². The molecule has 0 aromatic rings. The molecule has 3 fully saturated rings. The van der Waals surface area contributed by atoms with Gasteiger partial charge in [-0.25, -0.2) is 0 Å². The molecular formula is C8H8O4. The Hall–Kier alpha value is -0.900. The summed E-state index contributed by atoms with van der Waals surface area (Å²) in [4.78, 5) is 22.2. The lowest BCUT2D eigenvalue weighted by atomic mass is 9.81. The summed E-state index contributed by atoms with van der Waals surface area (Å²) in [6, 6.07) is 0. The lowest BCUT2D eigenvalue weighted by molar-refractivity contribution is -0.153. The van der Waals surface area contributed by atoms with Crippen molar-refractivity contribution in [3.63, 3.8) is 0 Å². The quantitative estimate of drug-likeness (QED) is 0.287. The van der Waals surface area contributed by atoms with Crippen LogP contribution in [0.2, 0.25) is 0 Å². The van der Waals surface area contributed by atoms with Crippen molar-refractivity contribution < 1.29 is 19.1 Å². The minimum atomic E-state index is -0.348. The summed E-state index contributed by atoms with van der Waals surface area (Å²) in [7, 11) is 0. The number of epoxide rings is 1. The summed E-state index contributed by atoms with van der Waals surface area (Å²) in [5, 5.41) is 0. The van der Waals surface area contributed by atoms with Crippen molar-refractivity contribution in [1.82, 2.24) is 0 Å². The molecule has 0 unspecified atom stereocenters. The molecule has 0 bridgehead atoms. The first-order valence-electron chi connectivity index (χ1n) is 4.16. The Labute approximate surface area is 68.8 Å². The predicted molar refractivity (Wildman–Crippen MR) is 36.0 cm³/mol. The fourth-order valence-electron chi connectivity index (χ4n) is 2.19. The normalized spacial score (nSPS) is 49.7. The molecule has 2 saturated heterocycles. The molecule has 2 heterocycles. The molecule has 64 valence electrons. The maximum absolute atomic E-state index is 11.1. The van der Waals surface area contributed by atoms with Gasteiger partial charge in [0.25, 0.3) is 0 Å². The van der Waals surface area contributed by atoms with Gasteiger partial charge in [-0.1, -0.05) is 0 Å². The molecule has 0 aromatic carbocycles. The number of rotatable bonds is 0. The van der Waals surface area contributed by atoms with Crippen LogP contribution in [0, 0.1) is 11.8 Å². The van der Waals surface area contributed by atoms with Crippen LogP contribution in [0.1, 0.15) is 12.8 Å². The number of carbonyl (C=O) groups is 2. The molecule has 3 rings (SSSR count). The van der Waals surface area contributed by atoms with E-state index in [2.05, 4.69) is 4.74 Å². The fraction of sp³-hybridized carbons (Fsp3) is 0.750. The maximum atomic E-state index is 11.1. The van der Waals surface area contributed by atoms with Gasteiger partial charge in [0.1, 0.15) is 0 Å². The monoisotopic (exact) mass is 168 g/mol. The molecule has 2 aliphatic heterocycles. The molecule has 3 aliphatic rings. The average Bonchev–Trinajstić information content (AvgIpc) is 2.73. The summed E-state index contributed by atoms with van der Waals surface area (Å²) in [5.74, 6) is -1.11. The van der Waals surface area contributed by atoms with Gasteiger partial charge < -0.3 is 9.47 Å². The molecule has 4 heteroatoms. The largest absolute Gasteiger partial charge is 0.393 e. The van der Waals surface area contributed by atoms with Gasteiger partial charge in [-0.15, -0.1) is 0 Å². The van der Waals surface area contributed by atoms with Crippen LogP contribution in [-0.4, -0.2) is 24.1 Å². The van der Waals surface area contributed by atoms with Crippen LogP contribution < -0.4 is 0 Å². The van der Waals surface area contributed by atoms with Crippen LogP contribution in [0.3, 0.4) is 0 Å². The van der Waals surface area contributed by atoms with Crippen molar-refractivity contribution >= 4 is 11.9 Å². The first-order chi connectivity index (χ1) is 5.75. The summed E-state index contributed by atoms with van der Waals surface area (Å²) < 4.78 is 9.79. The zero-order valence-electron chi connectivity index (χ0n) is 6.36. The van der Waals surface area contributed by atoms with Crippen molar-refractivity contribution in [2.24, 2.45) is 11.8 Å². The molecule has 0 N–H and O–H groups in total. The lowest BCUT2D eigenvalue weighted by Gasteiger charge is -2.14.